The Labute approximate surface area is 146 Å². The molecular formula is C21H30N2O. The van der Waals surface area contributed by atoms with Crippen molar-refractivity contribution in [1.82, 2.24) is 9.80 Å². The van der Waals surface area contributed by atoms with Crippen molar-refractivity contribution in [2.24, 2.45) is 5.92 Å². The van der Waals surface area contributed by atoms with Gasteiger partial charge in [0.1, 0.15) is 0 Å². The van der Waals surface area contributed by atoms with Gasteiger partial charge in [-0.2, -0.15) is 0 Å². The first-order chi connectivity index (χ1) is 11.7. The molecule has 0 spiro atoms. The number of benzene rings is 1. The Morgan fingerprint density at radius 1 is 1.04 bits per heavy atom. The van der Waals surface area contributed by atoms with E-state index in [0.29, 0.717) is 5.91 Å². The van der Waals surface area contributed by atoms with Crippen LogP contribution in [0.15, 0.2) is 35.9 Å². The topological polar surface area (TPSA) is 23.6 Å². The van der Waals surface area contributed by atoms with Gasteiger partial charge in [-0.15, -0.1) is 0 Å². The summed E-state index contributed by atoms with van der Waals surface area (Å²) < 4.78 is 0. The zero-order valence-electron chi connectivity index (χ0n) is 14.9. The van der Waals surface area contributed by atoms with Gasteiger partial charge in [-0.3, -0.25) is 9.69 Å². The second kappa shape index (κ2) is 8.48. The molecule has 3 rings (SSSR count). The Kier molecular flexibility index (Phi) is 6.08. The van der Waals surface area contributed by atoms with Crippen LogP contribution in [0.5, 0.6) is 0 Å². The molecule has 2 saturated heterocycles. The highest BCUT2D eigenvalue weighted by Crippen LogP contribution is 2.22. The molecule has 130 valence electrons. The number of carbonyl (C=O) groups excluding carboxylic acids is 1. The molecule has 24 heavy (non-hydrogen) atoms. The van der Waals surface area contributed by atoms with Gasteiger partial charge in [0, 0.05) is 25.6 Å². The Morgan fingerprint density at radius 3 is 2.38 bits per heavy atom. The first-order valence-electron chi connectivity index (χ1n) is 9.46. The summed E-state index contributed by atoms with van der Waals surface area (Å²) in [6.07, 6.45) is 7.98. The quantitative estimate of drug-likeness (QED) is 0.840. The summed E-state index contributed by atoms with van der Waals surface area (Å²) in [6, 6.07) is 10.5. The SMILES string of the molecule is C/C(=C/c1ccccc1)CN1CCC(C(=O)N2CCCCC2)CC1. The van der Waals surface area contributed by atoms with Gasteiger partial charge >= 0.3 is 0 Å². The van der Waals surface area contributed by atoms with Gasteiger partial charge in [-0.05, 0) is 57.7 Å². The highest BCUT2D eigenvalue weighted by molar-refractivity contribution is 5.79. The minimum Gasteiger partial charge on any atom is -0.342 e. The van der Waals surface area contributed by atoms with E-state index in [9.17, 15) is 4.79 Å². The molecule has 3 nitrogen and oxygen atoms in total. The third-order valence-electron chi connectivity index (χ3n) is 5.29. The number of hydrogen-bond acceptors (Lipinski definition) is 2. The van der Waals surface area contributed by atoms with Crippen LogP contribution in [0.4, 0.5) is 0 Å². The molecule has 2 aliphatic heterocycles. The molecule has 0 N–H and O–H groups in total. The van der Waals surface area contributed by atoms with E-state index in [0.717, 1.165) is 45.6 Å². The zero-order valence-corrected chi connectivity index (χ0v) is 14.9. The third kappa shape index (κ3) is 4.70. The number of rotatable bonds is 4. The van der Waals surface area contributed by atoms with Gasteiger partial charge in [0.2, 0.25) is 5.91 Å². The first-order valence-corrected chi connectivity index (χ1v) is 9.46. The summed E-state index contributed by atoms with van der Waals surface area (Å²) in [5, 5.41) is 0. The standard InChI is InChI=1S/C21H30N2O/c1-18(16-19-8-4-2-5-9-19)17-22-14-10-20(11-15-22)21(24)23-12-6-3-7-13-23/h2,4-5,8-9,16,20H,3,6-7,10-15,17H2,1H3/b18-16-. The normalized spacial score (nSPS) is 21.0. The predicted molar refractivity (Wildman–Crippen MR) is 99.7 cm³/mol. The second-order valence-electron chi connectivity index (χ2n) is 7.34. The van der Waals surface area contributed by atoms with E-state index in [1.807, 2.05) is 0 Å². The fourth-order valence-corrected chi connectivity index (χ4v) is 3.94. The van der Waals surface area contributed by atoms with Crippen molar-refractivity contribution in [3.8, 4) is 0 Å². The number of nitrogens with zero attached hydrogens (tertiary/aromatic N) is 2. The fraction of sp³-hybridized carbons (Fsp3) is 0.571. The lowest BCUT2D eigenvalue weighted by atomic mass is 9.94. The summed E-state index contributed by atoms with van der Waals surface area (Å²) in [5.74, 6) is 0.684. The van der Waals surface area contributed by atoms with E-state index in [1.54, 1.807) is 0 Å². The van der Waals surface area contributed by atoms with Gasteiger partial charge in [0.05, 0.1) is 0 Å². The van der Waals surface area contributed by atoms with Crippen LogP contribution in [0.3, 0.4) is 0 Å². The highest BCUT2D eigenvalue weighted by atomic mass is 16.2. The molecule has 0 atom stereocenters. The molecule has 0 bridgehead atoms. The van der Waals surface area contributed by atoms with Crippen molar-refractivity contribution in [2.75, 3.05) is 32.7 Å². The summed E-state index contributed by atoms with van der Waals surface area (Å²) in [6.45, 7) is 7.28. The van der Waals surface area contributed by atoms with Crippen LogP contribution in [0.1, 0.15) is 44.6 Å². The van der Waals surface area contributed by atoms with Crippen molar-refractivity contribution in [2.45, 2.75) is 39.0 Å². The average Bonchev–Trinajstić information content (AvgIpc) is 2.63. The Hall–Kier alpha value is -1.61. The molecule has 0 saturated carbocycles. The van der Waals surface area contributed by atoms with Crippen LogP contribution in [0.2, 0.25) is 0 Å². The molecule has 0 radical (unpaired) electrons. The highest BCUT2D eigenvalue weighted by Gasteiger charge is 2.29. The lowest BCUT2D eigenvalue weighted by Gasteiger charge is -2.35. The molecule has 0 aliphatic carbocycles. The zero-order chi connectivity index (χ0) is 16.8. The van der Waals surface area contributed by atoms with Crippen molar-refractivity contribution in [3.05, 3.63) is 41.5 Å². The maximum atomic E-state index is 12.6. The average molecular weight is 326 g/mol. The van der Waals surface area contributed by atoms with E-state index in [2.05, 4.69) is 53.1 Å². The maximum Gasteiger partial charge on any atom is 0.225 e. The van der Waals surface area contributed by atoms with Crippen LogP contribution in [-0.2, 0) is 4.79 Å². The first kappa shape index (κ1) is 17.2. The molecular weight excluding hydrogens is 296 g/mol. The van der Waals surface area contributed by atoms with Gasteiger partial charge in [-0.1, -0.05) is 42.0 Å². The second-order valence-corrected chi connectivity index (χ2v) is 7.34. The van der Waals surface area contributed by atoms with Crippen LogP contribution < -0.4 is 0 Å². The molecule has 0 aromatic heterocycles. The number of likely N-dealkylation sites (tertiary alicyclic amines) is 2. The van der Waals surface area contributed by atoms with Crippen LogP contribution in [-0.4, -0.2) is 48.4 Å². The summed E-state index contributed by atoms with van der Waals surface area (Å²) in [4.78, 5) is 17.2. The van der Waals surface area contributed by atoms with Crippen molar-refractivity contribution < 1.29 is 4.79 Å². The van der Waals surface area contributed by atoms with Crippen LogP contribution in [0, 0.1) is 5.92 Å². The van der Waals surface area contributed by atoms with Crippen molar-refractivity contribution >= 4 is 12.0 Å². The van der Waals surface area contributed by atoms with E-state index < -0.39 is 0 Å². The van der Waals surface area contributed by atoms with E-state index in [-0.39, 0.29) is 5.92 Å². The number of carbonyl (C=O) groups is 1. The van der Waals surface area contributed by atoms with Gasteiger partial charge in [-0.25, -0.2) is 0 Å². The van der Waals surface area contributed by atoms with Crippen LogP contribution in [0.25, 0.3) is 6.08 Å². The number of piperidine rings is 2. The molecule has 2 aliphatic rings. The minimum absolute atomic E-state index is 0.262. The number of hydrogen-bond donors (Lipinski definition) is 0. The Morgan fingerprint density at radius 2 is 1.71 bits per heavy atom. The van der Waals surface area contributed by atoms with Crippen molar-refractivity contribution in [1.29, 1.82) is 0 Å². The molecule has 1 aromatic carbocycles. The van der Waals surface area contributed by atoms with E-state index >= 15 is 0 Å². The number of amides is 1. The molecule has 1 aromatic rings. The summed E-state index contributed by atoms with van der Waals surface area (Å²) in [5.41, 5.74) is 2.66. The molecule has 0 unspecified atom stereocenters. The van der Waals surface area contributed by atoms with Crippen LogP contribution >= 0.6 is 0 Å². The molecule has 1 amide bonds. The maximum absolute atomic E-state index is 12.6. The van der Waals surface area contributed by atoms with Crippen molar-refractivity contribution in [3.63, 3.8) is 0 Å². The fourth-order valence-electron chi connectivity index (χ4n) is 3.94. The molecule has 3 heteroatoms. The lowest BCUT2D eigenvalue weighted by Crippen LogP contribution is -2.44. The van der Waals surface area contributed by atoms with Gasteiger partial charge in [0.25, 0.3) is 0 Å². The third-order valence-corrected chi connectivity index (χ3v) is 5.29. The summed E-state index contributed by atoms with van der Waals surface area (Å²) in [7, 11) is 0. The Bertz CT molecular complexity index is 552. The molecule has 2 fully saturated rings. The smallest absolute Gasteiger partial charge is 0.225 e. The Balaban J connectivity index is 1.46. The van der Waals surface area contributed by atoms with Gasteiger partial charge in [0.15, 0.2) is 0 Å². The predicted octanol–water partition coefficient (Wildman–Crippen LogP) is 3.81. The van der Waals surface area contributed by atoms with E-state index in [1.165, 1.54) is 30.4 Å². The molecule has 2 heterocycles. The van der Waals surface area contributed by atoms with E-state index in [4.69, 9.17) is 0 Å². The van der Waals surface area contributed by atoms with Gasteiger partial charge < -0.3 is 4.90 Å². The monoisotopic (exact) mass is 326 g/mol. The summed E-state index contributed by atoms with van der Waals surface area (Å²) >= 11 is 0. The minimum atomic E-state index is 0.262. The lowest BCUT2D eigenvalue weighted by molar-refractivity contribution is -0.137. The largest absolute Gasteiger partial charge is 0.342 e.